The number of anilines is 2. The summed E-state index contributed by atoms with van der Waals surface area (Å²) in [6.45, 7) is 7.57. The minimum atomic E-state index is -0.917. The Morgan fingerprint density at radius 1 is 1.05 bits per heavy atom. The average Bonchev–Trinajstić information content (AvgIpc) is 2.34. The maximum atomic E-state index is 13.3. The van der Waals surface area contributed by atoms with E-state index in [2.05, 4.69) is 15.3 Å². The van der Waals surface area contributed by atoms with Gasteiger partial charge < -0.3 is 5.32 Å². The van der Waals surface area contributed by atoms with Crippen LogP contribution in [0.1, 0.15) is 32.2 Å². The molecule has 6 heteroatoms. The molecule has 0 unspecified atom stereocenters. The molecule has 0 aliphatic rings. The van der Waals surface area contributed by atoms with Crippen molar-refractivity contribution in [2.45, 2.75) is 33.1 Å². The van der Waals surface area contributed by atoms with Crippen LogP contribution < -0.4 is 5.32 Å². The first-order valence-corrected chi connectivity index (χ1v) is 6.82. The van der Waals surface area contributed by atoms with Crippen molar-refractivity contribution in [1.29, 1.82) is 0 Å². The second-order valence-corrected chi connectivity index (χ2v) is 6.24. The van der Waals surface area contributed by atoms with Crippen molar-refractivity contribution >= 4 is 23.1 Å². The molecule has 112 valence electrons. The van der Waals surface area contributed by atoms with Crippen molar-refractivity contribution in [1.82, 2.24) is 9.97 Å². The highest BCUT2D eigenvalue weighted by Crippen LogP contribution is 2.26. The molecular weight excluding hydrogens is 296 g/mol. The van der Waals surface area contributed by atoms with Crippen molar-refractivity contribution < 1.29 is 8.78 Å². The van der Waals surface area contributed by atoms with Gasteiger partial charge in [-0.1, -0.05) is 32.4 Å². The van der Waals surface area contributed by atoms with E-state index >= 15 is 0 Å². The Bertz CT molecular complexity index is 681. The Hall–Kier alpha value is -1.75. The van der Waals surface area contributed by atoms with Gasteiger partial charge in [-0.05, 0) is 18.6 Å². The van der Waals surface area contributed by atoms with Gasteiger partial charge in [0.25, 0.3) is 0 Å². The van der Waals surface area contributed by atoms with Crippen LogP contribution in [0.2, 0.25) is 5.15 Å². The van der Waals surface area contributed by atoms with Gasteiger partial charge >= 0.3 is 0 Å². The van der Waals surface area contributed by atoms with Crippen LogP contribution in [0.4, 0.5) is 20.3 Å². The zero-order chi connectivity index (χ0) is 15.8. The monoisotopic (exact) mass is 311 g/mol. The van der Waals surface area contributed by atoms with Crippen LogP contribution in [-0.2, 0) is 5.41 Å². The van der Waals surface area contributed by atoms with Gasteiger partial charge in [-0.2, -0.15) is 0 Å². The number of nitrogens with one attached hydrogen (secondary N) is 1. The Morgan fingerprint density at radius 2 is 1.67 bits per heavy atom. The van der Waals surface area contributed by atoms with Gasteiger partial charge in [0.05, 0.1) is 0 Å². The SMILES string of the molecule is Cc1cc(F)c(F)cc1Nc1cc(Cl)nc(C(C)(C)C)n1. The lowest BCUT2D eigenvalue weighted by Gasteiger charge is -2.18. The fourth-order valence-electron chi connectivity index (χ4n) is 1.74. The molecule has 1 N–H and O–H groups in total. The van der Waals surface area contributed by atoms with E-state index in [4.69, 9.17) is 11.6 Å². The lowest BCUT2D eigenvalue weighted by molar-refractivity contribution is 0.508. The summed E-state index contributed by atoms with van der Waals surface area (Å²) in [6.07, 6.45) is 0. The first kappa shape index (κ1) is 15.6. The predicted octanol–water partition coefficient (Wildman–Crippen LogP) is 4.76. The van der Waals surface area contributed by atoms with E-state index in [0.29, 0.717) is 22.9 Å². The molecule has 0 aliphatic carbocycles. The number of aromatic nitrogens is 2. The number of benzene rings is 1. The van der Waals surface area contributed by atoms with Crippen molar-refractivity contribution in [3.63, 3.8) is 0 Å². The van der Waals surface area contributed by atoms with Crippen LogP contribution in [0.15, 0.2) is 18.2 Å². The second-order valence-electron chi connectivity index (χ2n) is 5.86. The molecule has 21 heavy (non-hydrogen) atoms. The molecule has 2 aromatic rings. The van der Waals surface area contributed by atoms with Crippen molar-refractivity contribution in [3.05, 3.63) is 46.4 Å². The Labute approximate surface area is 127 Å². The summed E-state index contributed by atoms with van der Waals surface area (Å²) >= 11 is 5.99. The fraction of sp³-hybridized carbons (Fsp3) is 0.333. The summed E-state index contributed by atoms with van der Waals surface area (Å²) in [7, 11) is 0. The van der Waals surface area contributed by atoms with Gasteiger partial charge in [-0.3, -0.25) is 0 Å². The molecule has 0 amide bonds. The highest BCUT2D eigenvalue weighted by Gasteiger charge is 2.19. The normalized spacial score (nSPS) is 11.6. The van der Waals surface area contributed by atoms with Crippen molar-refractivity contribution in [2.24, 2.45) is 0 Å². The molecule has 0 atom stereocenters. The van der Waals surface area contributed by atoms with Gasteiger partial charge in [-0.15, -0.1) is 0 Å². The van der Waals surface area contributed by atoms with Gasteiger partial charge in [0.15, 0.2) is 11.6 Å². The maximum Gasteiger partial charge on any atom is 0.160 e. The third kappa shape index (κ3) is 3.67. The molecular formula is C15H16ClF2N3. The summed E-state index contributed by atoms with van der Waals surface area (Å²) in [4.78, 5) is 8.55. The number of hydrogen-bond donors (Lipinski definition) is 1. The van der Waals surface area contributed by atoms with E-state index in [0.717, 1.165) is 12.1 Å². The Morgan fingerprint density at radius 3 is 2.29 bits per heavy atom. The van der Waals surface area contributed by atoms with Gasteiger partial charge in [0, 0.05) is 23.2 Å². The standard InChI is InChI=1S/C15H16ClF2N3/c1-8-5-9(17)10(18)6-11(8)19-13-7-12(16)20-14(21-13)15(2,3)4/h5-7H,1-4H3,(H,19,20,21). The molecule has 1 aromatic heterocycles. The summed E-state index contributed by atoms with van der Waals surface area (Å²) in [5.74, 6) is -0.791. The van der Waals surface area contributed by atoms with Crippen molar-refractivity contribution in [3.8, 4) is 0 Å². The van der Waals surface area contributed by atoms with E-state index < -0.39 is 11.6 Å². The molecule has 0 radical (unpaired) electrons. The van der Waals surface area contributed by atoms with E-state index in [1.165, 1.54) is 6.07 Å². The quantitative estimate of drug-likeness (QED) is 0.813. The molecule has 1 aromatic carbocycles. The van der Waals surface area contributed by atoms with Crippen LogP contribution >= 0.6 is 11.6 Å². The molecule has 3 nitrogen and oxygen atoms in total. The summed E-state index contributed by atoms with van der Waals surface area (Å²) in [6, 6.07) is 3.76. The molecule has 0 bridgehead atoms. The largest absolute Gasteiger partial charge is 0.340 e. The maximum absolute atomic E-state index is 13.3. The minimum absolute atomic E-state index is 0.273. The Balaban J connectivity index is 2.40. The third-order valence-electron chi connectivity index (χ3n) is 2.90. The zero-order valence-corrected chi connectivity index (χ0v) is 13.0. The molecule has 1 heterocycles. The predicted molar refractivity (Wildman–Crippen MR) is 80.1 cm³/mol. The lowest BCUT2D eigenvalue weighted by atomic mass is 9.96. The topological polar surface area (TPSA) is 37.8 Å². The Kier molecular flexibility index (Phi) is 4.14. The van der Waals surface area contributed by atoms with E-state index in [9.17, 15) is 8.78 Å². The smallest absolute Gasteiger partial charge is 0.160 e. The van der Waals surface area contributed by atoms with Crippen LogP contribution in [0.25, 0.3) is 0 Å². The van der Waals surface area contributed by atoms with E-state index in [1.807, 2.05) is 20.8 Å². The molecule has 0 aliphatic heterocycles. The van der Waals surface area contributed by atoms with Crippen LogP contribution in [0.5, 0.6) is 0 Å². The van der Waals surface area contributed by atoms with Crippen LogP contribution in [0.3, 0.4) is 0 Å². The number of rotatable bonds is 2. The number of aryl methyl sites for hydroxylation is 1. The van der Waals surface area contributed by atoms with Gasteiger partial charge in [-0.25, -0.2) is 18.7 Å². The lowest BCUT2D eigenvalue weighted by Crippen LogP contribution is -2.17. The molecule has 2 rings (SSSR count). The van der Waals surface area contributed by atoms with Gasteiger partial charge in [0.1, 0.15) is 16.8 Å². The minimum Gasteiger partial charge on any atom is -0.340 e. The van der Waals surface area contributed by atoms with Crippen LogP contribution in [-0.4, -0.2) is 9.97 Å². The molecule has 0 saturated heterocycles. The number of hydrogen-bond acceptors (Lipinski definition) is 3. The first-order chi connectivity index (χ1) is 9.66. The highest BCUT2D eigenvalue weighted by atomic mass is 35.5. The molecule has 0 spiro atoms. The fourth-order valence-corrected chi connectivity index (χ4v) is 1.92. The zero-order valence-electron chi connectivity index (χ0n) is 12.3. The first-order valence-electron chi connectivity index (χ1n) is 6.44. The summed E-state index contributed by atoms with van der Waals surface area (Å²) in [5.41, 5.74) is 0.731. The highest BCUT2D eigenvalue weighted by molar-refractivity contribution is 6.29. The third-order valence-corrected chi connectivity index (χ3v) is 3.09. The summed E-state index contributed by atoms with van der Waals surface area (Å²) < 4.78 is 26.5. The van der Waals surface area contributed by atoms with Gasteiger partial charge in [0.2, 0.25) is 0 Å². The molecule has 0 saturated carbocycles. The molecule has 0 fully saturated rings. The van der Waals surface area contributed by atoms with Crippen LogP contribution in [0, 0.1) is 18.6 Å². The van der Waals surface area contributed by atoms with E-state index in [-0.39, 0.29) is 10.6 Å². The number of halogens is 3. The average molecular weight is 312 g/mol. The number of nitrogens with zero attached hydrogens (tertiary/aromatic N) is 2. The summed E-state index contributed by atoms with van der Waals surface area (Å²) in [5, 5.41) is 3.24. The second kappa shape index (κ2) is 5.56. The van der Waals surface area contributed by atoms with E-state index in [1.54, 1.807) is 6.92 Å². The van der Waals surface area contributed by atoms with Crippen molar-refractivity contribution in [2.75, 3.05) is 5.32 Å².